The Bertz CT molecular complexity index is 593. The van der Waals surface area contributed by atoms with Crippen LogP contribution in [0.25, 0.3) is 0 Å². The number of nitrogens with one attached hydrogen (secondary N) is 1. The number of methoxy groups -OCH3 is 1. The van der Waals surface area contributed by atoms with E-state index >= 15 is 0 Å². The van der Waals surface area contributed by atoms with Gasteiger partial charge in [0, 0.05) is 19.9 Å². The minimum Gasteiger partial charge on any atom is -0.504 e. The number of unbranched alkanes of at least 4 members (excludes halogenated alkanes) is 2. The maximum Gasteiger partial charge on any atom is 0.302 e. The normalized spacial score (nSPS) is 14.2. The number of phenols is 1. The van der Waals surface area contributed by atoms with E-state index in [-0.39, 0.29) is 23.9 Å². The van der Waals surface area contributed by atoms with E-state index in [1.165, 1.54) is 14.0 Å². The third kappa shape index (κ3) is 11.7. The van der Waals surface area contributed by atoms with Crippen molar-refractivity contribution in [3.8, 4) is 11.5 Å². The monoisotopic (exact) mass is 411 g/mol. The molecule has 0 aromatic heterocycles. The van der Waals surface area contributed by atoms with Crippen molar-refractivity contribution >= 4 is 5.97 Å². The maximum atomic E-state index is 11.4. The van der Waals surface area contributed by atoms with Gasteiger partial charge in [-0.1, -0.05) is 18.9 Å². The average Bonchev–Trinajstić information content (AvgIpc) is 2.65. The van der Waals surface area contributed by atoms with Gasteiger partial charge >= 0.3 is 5.97 Å². The number of aryl methyl sites for hydroxylation is 1. The minimum absolute atomic E-state index is 0.0873. The Kier molecular flexibility index (Phi) is 12.3. The van der Waals surface area contributed by atoms with Gasteiger partial charge in [0.25, 0.3) is 0 Å². The first-order valence-electron chi connectivity index (χ1n) is 10.4. The van der Waals surface area contributed by atoms with Gasteiger partial charge in [-0.2, -0.15) is 0 Å². The second kappa shape index (κ2) is 14.2. The predicted octanol–water partition coefficient (Wildman–Crippen LogP) is 2.55. The van der Waals surface area contributed by atoms with Gasteiger partial charge in [0.15, 0.2) is 11.5 Å². The van der Waals surface area contributed by atoms with Crippen molar-refractivity contribution in [1.82, 2.24) is 5.32 Å². The highest BCUT2D eigenvalue weighted by Crippen LogP contribution is 2.27. The standard InChI is InChI=1S/C22H37NO6/c1-16(24)15-23-12-6-4-5-7-19(26)14-20(29-17(2)25)10-8-18-9-11-21(27)22(13-18)28-3/h9,11,13,16,19-20,23-24,26-27H,4-8,10,12,14-15H2,1-3H3/t16-,19-,20+/m0/s1. The molecule has 166 valence electrons. The van der Waals surface area contributed by atoms with Crippen LogP contribution >= 0.6 is 0 Å². The Morgan fingerprint density at radius 2 is 1.93 bits per heavy atom. The van der Waals surface area contributed by atoms with E-state index < -0.39 is 6.10 Å². The molecule has 0 fully saturated rings. The summed E-state index contributed by atoms with van der Waals surface area (Å²) in [6, 6.07) is 5.16. The number of aliphatic hydroxyl groups is 2. The van der Waals surface area contributed by atoms with Gasteiger partial charge < -0.3 is 30.1 Å². The molecule has 1 rings (SSSR count). The number of aliphatic hydroxyl groups excluding tert-OH is 2. The van der Waals surface area contributed by atoms with Crippen molar-refractivity contribution < 1.29 is 29.6 Å². The Morgan fingerprint density at radius 1 is 1.17 bits per heavy atom. The fraction of sp³-hybridized carbons (Fsp3) is 0.682. The lowest BCUT2D eigenvalue weighted by molar-refractivity contribution is -0.148. The Labute approximate surface area is 174 Å². The number of aromatic hydroxyl groups is 1. The highest BCUT2D eigenvalue weighted by molar-refractivity contribution is 5.66. The predicted molar refractivity (Wildman–Crippen MR) is 112 cm³/mol. The smallest absolute Gasteiger partial charge is 0.302 e. The topological polar surface area (TPSA) is 108 Å². The summed E-state index contributed by atoms with van der Waals surface area (Å²) in [7, 11) is 1.50. The zero-order valence-electron chi connectivity index (χ0n) is 17.9. The highest BCUT2D eigenvalue weighted by atomic mass is 16.5. The first-order valence-corrected chi connectivity index (χ1v) is 10.4. The number of hydrogen-bond donors (Lipinski definition) is 4. The van der Waals surface area contributed by atoms with Gasteiger partial charge in [0.05, 0.1) is 19.3 Å². The van der Waals surface area contributed by atoms with E-state index in [4.69, 9.17) is 9.47 Å². The van der Waals surface area contributed by atoms with Gasteiger partial charge in [-0.05, 0) is 56.8 Å². The summed E-state index contributed by atoms with van der Waals surface area (Å²) in [5.74, 6) is 0.147. The van der Waals surface area contributed by atoms with Crippen LogP contribution in [0.2, 0.25) is 0 Å². The van der Waals surface area contributed by atoms with Gasteiger partial charge in [-0.25, -0.2) is 0 Å². The lowest BCUT2D eigenvalue weighted by Crippen LogP contribution is -2.25. The van der Waals surface area contributed by atoms with Crippen LogP contribution in [0.15, 0.2) is 18.2 Å². The zero-order valence-corrected chi connectivity index (χ0v) is 17.9. The molecule has 0 aliphatic heterocycles. The fourth-order valence-corrected chi connectivity index (χ4v) is 3.20. The van der Waals surface area contributed by atoms with E-state index in [2.05, 4.69) is 5.32 Å². The van der Waals surface area contributed by atoms with Gasteiger partial charge in [0.1, 0.15) is 6.10 Å². The molecule has 0 saturated carbocycles. The average molecular weight is 412 g/mol. The fourth-order valence-electron chi connectivity index (χ4n) is 3.20. The molecule has 29 heavy (non-hydrogen) atoms. The van der Waals surface area contributed by atoms with E-state index in [9.17, 15) is 20.1 Å². The molecule has 1 aromatic carbocycles. The quantitative estimate of drug-likeness (QED) is 0.259. The summed E-state index contributed by atoms with van der Waals surface area (Å²) in [6.07, 6.45) is 4.01. The molecule has 3 atom stereocenters. The number of hydrogen-bond acceptors (Lipinski definition) is 7. The lowest BCUT2D eigenvalue weighted by Gasteiger charge is -2.20. The third-order valence-corrected chi connectivity index (χ3v) is 4.70. The van der Waals surface area contributed by atoms with Crippen LogP contribution in [-0.4, -0.2) is 59.8 Å². The second-order valence-corrected chi connectivity index (χ2v) is 7.57. The molecule has 7 nitrogen and oxygen atoms in total. The van der Waals surface area contributed by atoms with Crippen molar-refractivity contribution in [3.63, 3.8) is 0 Å². The molecule has 4 N–H and O–H groups in total. The number of phenolic OH excluding ortho intramolecular Hbond substituents is 1. The SMILES string of the molecule is COc1cc(CC[C@H](C[C@@H](O)CCCCCNC[C@H](C)O)OC(C)=O)ccc1O. The van der Waals surface area contributed by atoms with Crippen LogP contribution in [0.5, 0.6) is 11.5 Å². The summed E-state index contributed by atoms with van der Waals surface area (Å²) in [6.45, 7) is 4.58. The largest absolute Gasteiger partial charge is 0.504 e. The van der Waals surface area contributed by atoms with E-state index in [0.717, 1.165) is 31.4 Å². The summed E-state index contributed by atoms with van der Waals surface area (Å²) in [4.78, 5) is 11.4. The van der Waals surface area contributed by atoms with Crippen LogP contribution in [0.4, 0.5) is 0 Å². The Balaban J connectivity index is 2.37. The third-order valence-electron chi connectivity index (χ3n) is 4.70. The number of esters is 1. The van der Waals surface area contributed by atoms with Crippen LogP contribution in [0, 0.1) is 0 Å². The van der Waals surface area contributed by atoms with E-state index in [1.54, 1.807) is 19.1 Å². The molecule has 7 heteroatoms. The summed E-state index contributed by atoms with van der Waals surface area (Å²) in [5, 5.41) is 32.4. The number of carbonyl (C=O) groups excluding carboxylic acids is 1. The molecular formula is C22H37NO6. The molecule has 0 unspecified atom stereocenters. The molecule has 0 bridgehead atoms. The molecule has 0 amide bonds. The van der Waals surface area contributed by atoms with Crippen LogP contribution in [-0.2, 0) is 16.0 Å². The Hall–Kier alpha value is -1.83. The first-order chi connectivity index (χ1) is 13.8. The van der Waals surface area contributed by atoms with Gasteiger partial charge in [0.2, 0.25) is 0 Å². The number of carbonyl (C=O) groups is 1. The maximum absolute atomic E-state index is 11.4. The second-order valence-electron chi connectivity index (χ2n) is 7.57. The van der Waals surface area contributed by atoms with Crippen molar-refractivity contribution in [2.24, 2.45) is 0 Å². The summed E-state index contributed by atoms with van der Waals surface area (Å²) < 4.78 is 10.5. The highest BCUT2D eigenvalue weighted by Gasteiger charge is 2.18. The van der Waals surface area contributed by atoms with Crippen molar-refractivity contribution in [2.45, 2.75) is 77.1 Å². The molecule has 0 aliphatic rings. The minimum atomic E-state index is -0.515. The molecular weight excluding hydrogens is 374 g/mol. The number of rotatable bonds is 15. The molecule has 0 saturated heterocycles. The molecule has 0 spiro atoms. The van der Waals surface area contributed by atoms with Crippen molar-refractivity contribution in [2.75, 3.05) is 20.2 Å². The lowest BCUT2D eigenvalue weighted by atomic mass is 9.99. The van der Waals surface area contributed by atoms with Gasteiger partial charge in [-0.3, -0.25) is 4.79 Å². The van der Waals surface area contributed by atoms with Crippen LogP contribution in [0.3, 0.4) is 0 Å². The molecule has 0 heterocycles. The van der Waals surface area contributed by atoms with Crippen molar-refractivity contribution in [1.29, 1.82) is 0 Å². The molecule has 0 radical (unpaired) electrons. The molecule has 0 aliphatic carbocycles. The van der Waals surface area contributed by atoms with Crippen molar-refractivity contribution in [3.05, 3.63) is 23.8 Å². The van der Waals surface area contributed by atoms with Crippen LogP contribution < -0.4 is 10.1 Å². The number of ether oxygens (including phenoxy) is 2. The number of benzene rings is 1. The van der Waals surface area contributed by atoms with E-state index in [0.29, 0.717) is 38.0 Å². The van der Waals surface area contributed by atoms with Gasteiger partial charge in [-0.15, -0.1) is 0 Å². The summed E-state index contributed by atoms with van der Waals surface area (Å²) >= 11 is 0. The van der Waals surface area contributed by atoms with E-state index in [1.807, 2.05) is 6.07 Å². The first kappa shape index (κ1) is 25.2. The zero-order chi connectivity index (χ0) is 21.6. The molecule has 1 aromatic rings. The summed E-state index contributed by atoms with van der Waals surface area (Å²) in [5.41, 5.74) is 0.969. The van der Waals surface area contributed by atoms with Crippen LogP contribution in [0.1, 0.15) is 57.9 Å². The Morgan fingerprint density at radius 3 is 2.59 bits per heavy atom.